The van der Waals surface area contributed by atoms with E-state index < -0.39 is 0 Å². The van der Waals surface area contributed by atoms with E-state index in [9.17, 15) is 0 Å². The van der Waals surface area contributed by atoms with Gasteiger partial charge < -0.3 is 4.52 Å². The lowest BCUT2D eigenvalue weighted by molar-refractivity contribution is 0.137. The van der Waals surface area contributed by atoms with Crippen molar-refractivity contribution in [3.63, 3.8) is 0 Å². The zero-order chi connectivity index (χ0) is 18.1. The SMILES string of the molecule is Cc1cc(-c2cn[nH]c2C2CCCCN2Cc2ccc(C)c(C)c2)on1. The largest absolute Gasteiger partial charge is 0.356 e. The smallest absolute Gasteiger partial charge is 0.170 e. The van der Waals surface area contributed by atoms with Crippen LogP contribution < -0.4 is 0 Å². The minimum absolute atomic E-state index is 0.327. The molecule has 1 aliphatic heterocycles. The predicted octanol–water partition coefficient (Wildman–Crippen LogP) is 4.72. The second-order valence-electron chi connectivity index (χ2n) is 7.43. The zero-order valence-corrected chi connectivity index (χ0v) is 15.7. The molecular weight excluding hydrogens is 324 g/mol. The van der Waals surface area contributed by atoms with Crippen LogP contribution in [0.5, 0.6) is 0 Å². The van der Waals surface area contributed by atoms with E-state index in [4.69, 9.17) is 4.52 Å². The van der Waals surface area contributed by atoms with Gasteiger partial charge in [0.2, 0.25) is 0 Å². The van der Waals surface area contributed by atoms with Gasteiger partial charge in [-0.1, -0.05) is 29.8 Å². The summed E-state index contributed by atoms with van der Waals surface area (Å²) in [6, 6.07) is 9.09. The molecule has 26 heavy (non-hydrogen) atoms. The molecule has 1 unspecified atom stereocenters. The van der Waals surface area contributed by atoms with Gasteiger partial charge in [-0.15, -0.1) is 0 Å². The van der Waals surface area contributed by atoms with Crippen LogP contribution in [0.3, 0.4) is 0 Å². The van der Waals surface area contributed by atoms with Gasteiger partial charge in [0.1, 0.15) is 0 Å². The molecule has 1 fully saturated rings. The van der Waals surface area contributed by atoms with Gasteiger partial charge in [0.05, 0.1) is 29.2 Å². The van der Waals surface area contributed by atoms with Gasteiger partial charge in [-0.05, 0) is 56.8 Å². The molecule has 0 spiro atoms. The Morgan fingerprint density at radius 3 is 2.81 bits per heavy atom. The average molecular weight is 350 g/mol. The molecule has 0 saturated carbocycles. The number of H-pyrrole nitrogens is 1. The van der Waals surface area contributed by atoms with E-state index in [2.05, 4.69) is 52.3 Å². The number of hydrogen-bond donors (Lipinski definition) is 1. The standard InChI is InChI=1S/C21H26N4O/c1-14-7-8-17(10-15(14)2)13-25-9-5-4-6-19(25)21-18(12-22-23-21)20-11-16(3)24-26-20/h7-8,10-12,19H,4-6,9,13H2,1-3H3,(H,22,23). The number of piperidine rings is 1. The number of benzene rings is 1. The third-order valence-corrected chi connectivity index (χ3v) is 5.47. The van der Waals surface area contributed by atoms with Crippen molar-refractivity contribution >= 4 is 0 Å². The summed E-state index contributed by atoms with van der Waals surface area (Å²) >= 11 is 0. The van der Waals surface area contributed by atoms with Crippen molar-refractivity contribution in [2.45, 2.75) is 52.6 Å². The van der Waals surface area contributed by atoms with Crippen LogP contribution in [0.15, 0.2) is 35.0 Å². The second-order valence-corrected chi connectivity index (χ2v) is 7.43. The number of nitrogens with zero attached hydrogens (tertiary/aromatic N) is 3. The summed E-state index contributed by atoms with van der Waals surface area (Å²) in [5, 5.41) is 11.6. The number of rotatable bonds is 4. The molecule has 3 heterocycles. The zero-order valence-electron chi connectivity index (χ0n) is 15.7. The van der Waals surface area contributed by atoms with Crippen molar-refractivity contribution in [3.05, 3.63) is 58.5 Å². The number of hydrogen-bond acceptors (Lipinski definition) is 4. The van der Waals surface area contributed by atoms with Gasteiger partial charge in [-0.3, -0.25) is 10.00 Å². The molecule has 4 rings (SSSR count). The average Bonchev–Trinajstić information content (AvgIpc) is 3.27. The molecule has 136 valence electrons. The van der Waals surface area contributed by atoms with E-state index in [0.717, 1.165) is 42.2 Å². The summed E-state index contributed by atoms with van der Waals surface area (Å²) in [7, 11) is 0. The number of nitrogens with one attached hydrogen (secondary N) is 1. The first-order valence-electron chi connectivity index (χ1n) is 9.39. The molecule has 0 aliphatic carbocycles. The Balaban J connectivity index is 1.62. The fourth-order valence-electron chi connectivity index (χ4n) is 3.88. The van der Waals surface area contributed by atoms with Crippen molar-refractivity contribution in [1.82, 2.24) is 20.3 Å². The molecule has 0 bridgehead atoms. The maximum Gasteiger partial charge on any atom is 0.170 e. The molecule has 0 amide bonds. The highest BCUT2D eigenvalue weighted by Gasteiger charge is 2.28. The third kappa shape index (κ3) is 3.31. The summed E-state index contributed by atoms with van der Waals surface area (Å²) in [5.41, 5.74) is 7.14. The Labute approximate surface area is 154 Å². The first-order chi connectivity index (χ1) is 12.6. The van der Waals surface area contributed by atoms with Gasteiger partial charge in [0.15, 0.2) is 5.76 Å². The monoisotopic (exact) mass is 350 g/mol. The minimum Gasteiger partial charge on any atom is -0.356 e. The molecule has 5 heteroatoms. The van der Waals surface area contributed by atoms with E-state index in [-0.39, 0.29) is 0 Å². The van der Waals surface area contributed by atoms with Crippen LogP contribution in [0.4, 0.5) is 0 Å². The van der Waals surface area contributed by atoms with Crippen LogP contribution in [0.2, 0.25) is 0 Å². The van der Waals surface area contributed by atoms with E-state index >= 15 is 0 Å². The van der Waals surface area contributed by atoms with Crippen molar-refractivity contribution in [1.29, 1.82) is 0 Å². The number of aryl methyl sites for hydroxylation is 3. The normalized spacial score (nSPS) is 18.3. The van der Waals surface area contributed by atoms with Crippen LogP contribution >= 0.6 is 0 Å². The fourth-order valence-corrected chi connectivity index (χ4v) is 3.88. The molecule has 1 saturated heterocycles. The van der Waals surface area contributed by atoms with Crippen LogP contribution in [-0.4, -0.2) is 26.8 Å². The first kappa shape index (κ1) is 17.0. The predicted molar refractivity (Wildman–Crippen MR) is 102 cm³/mol. The number of likely N-dealkylation sites (tertiary alicyclic amines) is 1. The van der Waals surface area contributed by atoms with E-state index in [1.165, 1.54) is 29.5 Å². The summed E-state index contributed by atoms with van der Waals surface area (Å²) < 4.78 is 5.49. The summed E-state index contributed by atoms with van der Waals surface area (Å²) in [4.78, 5) is 2.56. The summed E-state index contributed by atoms with van der Waals surface area (Å²) in [5.74, 6) is 0.794. The molecule has 5 nitrogen and oxygen atoms in total. The van der Waals surface area contributed by atoms with Gasteiger partial charge in [0, 0.05) is 12.6 Å². The Bertz CT molecular complexity index is 895. The first-order valence-corrected chi connectivity index (χ1v) is 9.39. The summed E-state index contributed by atoms with van der Waals surface area (Å²) in [6.45, 7) is 8.36. The van der Waals surface area contributed by atoms with E-state index in [0.29, 0.717) is 6.04 Å². The Morgan fingerprint density at radius 1 is 1.15 bits per heavy atom. The van der Waals surface area contributed by atoms with Gasteiger partial charge >= 0.3 is 0 Å². The lowest BCUT2D eigenvalue weighted by Gasteiger charge is -2.35. The van der Waals surface area contributed by atoms with Crippen LogP contribution in [0.25, 0.3) is 11.3 Å². The molecule has 2 aromatic heterocycles. The molecule has 1 N–H and O–H groups in total. The lowest BCUT2D eigenvalue weighted by Crippen LogP contribution is -2.33. The van der Waals surface area contributed by atoms with Crippen LogP contribution in [-0.2, 0) is 6.54 Å². The Kier molecular flexibility index (Phi) is 4.64. The van der Waals surface area contributed by atoms with Crippen LogP contribution in [0, 0.1) is 20.8 Å². The molecule has 1 aliphatic rings. The second kappa shape index (κ2) is 7.08. The summed E-state index contributed by atoms with van der Waals surface area (Å²) in [6.07, 6.45) is 5.47. The fraction of sp³-hybridized carbons (Fsp3) is 0.429. The van der Waals surface area contributed by atoms with E-state index in [1.54, 1.807) is 0 Å². The highest BCUT2D eigenvalue weighted by molar-refractivity contribution is 5.60. The quantitative estimate of drug-likeness (QED) is 0.740. The van der Waals surface area contributed by atoms with Crippen molar-refractivity contribution in [2.75, 3.05) is 6.54 Å². The van der Waals surface area contributed by atoms with Crippen molar-refractivity contribution in [3.8, 4) is 11.3 Å². The van der Waals surface area contributed by atoms with E-state index in [1.807, 2.05) is 19.2 Å². The van der Waals surface area contributed by atoms with Crippen molar-refractivity contribution in [2.24, 2.45) is 0 Å². The number of aromatic nitrogens is 3. The Morgan fingerprint density at radius 2 is 2.04 bits per heavy atom. The van der Waals surface area contributed by atoms with Gasteiger partial charge in [-0.2, -0.15) is 5.10 Å². The highest BCUT2D eigenvalue weighted by atomic mass is 16.5. The topological polar surface area (TPSA) is 58.0 Å². The highest BCUT2D eigenvalue weighted by Crippen LogP contribution is 2.36. The Hall–Kier alpha value is -2.40. The van der Waals surface area contributed by atoms with Gasteiger partial charge in [-0.25, -0.2) is 0 Å². The van der Waals surface area contributed by atoms with Crippen LogP contribution in [0.1, 0.15) is 53.4 Å². The third-order valence-electron chi connectivity index (χ3n) is 5.47. The maximum absolute atomic E-state index is 5.49. The molecule has 3 aromatic rings. The minimum atomic E-state index is 0.327. The molecule has 1 aromatic carbocycles. The lowest BCUT2D eigenvalue weighted by atomic mass is 9.95. The number of aromatic amines is 1. The van der Waals surface area contributed by atoms with Gasteiger partial charge in [0.25, 0.3) is 0 Å². The molecule has 0 radical (unpaired) electrons. The van der Waals surface area contributed by atoms with Crippen molar-refractivity contribution < 1.29 is 4.52 Å². The molecular formula is C21H26N4O. The maximum atomic E-state index is 5.49. The molecule has 1 atom stereocenters.